The largest absolute Gasteiger partial charge is 0.396 e. The first-order chi connectivity index (χ1) is 4.83. The van der Waals surface area contributed by atoms with Crippen LogP contribution in [0.5, 0.6) is 0 Å². The fourth-order valence-electron chi connectivity index (χ4n) is 0.512. The highest BCUT2D eigenvalue weighted by atomic mass is 16.2. The van der Waals surface area contributed by atoms with Crippen LogP contribution in [-0.4, -0.2) is 11.7 Å². The Kier molecular flexibility index (Phi) is 20.2. The van der Waals surface area contributed by atoms with E-state index in [0.29, 0.717) is 6.61 Å². The summed E-state index contributed by atoms with van der Waals surface area (Å²) in [5.41, 5.74) is 0. The molecule has 0 fully saturated rings. The number of hydrogen-bond donors (Lipinski definition) is 1. The van der Waals surface area contributed by atoms with E-state index < -0.39 is 0 Å². The predicted octanol–water partition coefficient (Wildman–Crippen LogP) is 2.98. The molecule has 0 aromatic carbocycles. The molecule has 1 nitrogen and oxygen atoms in total. The molecule has 1 N–H and O–H groups in total. The van der Waals surface area contributed by atoms with Gasteiger partial charge in [-0.2, -0.15) is 0 Å². The van der Waals surface area contributed by atoms with Gasteiger partial charge in [0, 0.05) is 6.61 Å². The Morgan fingerprint density at radius 1 is 0.800 bits per heavy atom. The maximum atomic E-state index is 8.07. The van der Waals surface area contributed by atoms with Gasteiger partial charge in [0.2, 0.25) is 0 Å². The molecule has 0 unspecified atom stereocenters. The molecular formula is C9H22O. The molecule has 0 aliphatic heterocycles. The van der Waals surface area contributed by atoms with Crippen molar-refractivity contribution < 1.29 is 5.11 Å². The average molecular weight is 146 g/mol. The second-order valence-electron chi connectivity index (χ2n) is 2.43. The van der Waals surface area contributed by atoms with Crippen LogP contribution >= 0.6 is 0 Å². The lowest BCUT2D eigenvalue weighted by Crippen LogP contribution is -1.75. The molecule has 0 atom stereocenters. The summed E-state index contributed by atoms with van der Waals surface area (Å²) in [4.78, 5) is 0. The third-order valence-electron chi connectivity index (χ3n) is 1.22. The van der Waals surface area contributed by atoms with Crippen molar-refractivity contribution in [3.05, 3.63) is 0 Å². The molecule has 0 amide bonds. The second kappa shape index (κ2) is 16.0. The van der Waals surface area contributed by atoms with Crippen LogP contribution in [0.25, 0.3) is 0 Å². The third-order valence-corrected chi connectivity index (χ3v) is 1.22. The van der Waals surface area contributed by atoms with E-state index in [2.05, 4.69) is 20.8 Å². The van der Waals surface area contributed by atoms with Gasteiger partial charge in [0.25, 0.3) is 0 Å². The van der Waals surface area contributed by atoms with E-state index in [9.17, 15) is 0 Å². The Bertz CT molecular complexity index is 25.7. The van der Waals surface area contributed by atoms with Crippen LogP contribution in [0.15, 0.2) is 0 Å². The lowest BCUT2D eigenvalue weighted by molar-refractivity contribution is 0.287. The molecule has 10 heavy (non-hydrogen) atoms. The minimum atomic E-state index is 0.344. The Morgan fingerprint density at radius 2 is 1.20 bits per heavy atom. The summed E-state index contributed by atoms with van der Waals surface area (Å²) < 4.78 is 0. The van der Waals surface area contributed by atoms with Gasteiger partial charge in [-0.25, -0.2) is 0 Å². The monoisotopic (exact) mass is 146 g/mol. The van der Waals surface area contributed by atoms with Crippen molar-refractivity contribution in [1.29, 1.82) is 0 Å². The van der Waals surface area contributed by atoms with Crippen LogP contribution < -0.4 is 0 Å². The summed E-state index contributed by atoms with van der Waals surface area (Å²) in [7, 11) is 0. The van der Waals surface area contributed by atoms with Crippen LogP contribution in [0.3, 0.4) is 0 Å². The molecule has 0 bridgehead atoms. The van der Waals surface area contributed by atoms with E-state index >= 15 is 0 Å². The van der Waals surface area contributed by atoms with Crippen LogP contribution in [0.1, 0.15) is 52.9 Å². The first-order valence-corrected chi connectivity index (χ1v) is 4.44. The second-order valence-corrected chi connectivity index (χ2v) is 2.43. The smallest absolute Gasteiger partial charge is 0.0430 e. The fourth-order valence-corrected chi connectivity index (χ4v) is 0.512. The first kappa shape index (κ1) is 12.6. The molecule has 0 aliphatic carbocycles. The molecule has 0 spiro atoms. The minimum Gasteiger partial charge on any atom is -0.396 e. The van der Waals surface area contributed by atoms with Crippen molar-refractivity contribution in [1.82, 2.24) is 0 Å². The van der Waals surface area contributed by atoms with Gasteiger partial charge in [-0.05, 0) is 6.42 Å². The fraction of sp³-hybridized carbons (Fsp3) is 1.00. The molecule has 1 heteroatoms. The Balaban J connectivity index is 0. The first-order valence-electron chi connectivity index (χ1n) is 4.44. The van der Waals surface area contributed by atoms with Gasteiger partial charge in [-0.1, -0.05) is 46.5 Å². The highest BCUT2D eigenvalue weighted by molar-refractivity contribution is 4.24. The number of aliphatic hydroxyl groups is 1. The maximum Gasteiger partial charge on any atom is 0.0430 e. The third kappa shape index (κ3) is 24.6. The SMILES string of the molecule is CCCCC.CCCCO. The molecule has 0 radical (unpaired) electrons. The molecule has 0 heterocycles. The van der Waals surface area contributed by atoms with Gasteiger partial charge in [0.1, 0.15) is 0 Å². The molecule has 64 valence electrons. The summed E-state index contributed by atoms with van der Waals surface area (Å²) in [5.74, 6) is 0. The van der Waals surface area contributed by atoms with Gasteiger partial charge < -0.3 is 5.11 Å². The van der Waals surface area contributed by atoms with E-state index in [-0.39, 0.29) is 0 Å². The van der Waals surface area contributed by atoms with Gasteiger partial charge in [-0.3, -0.25) is 0 Å². The van der Waals surface area contributed by atoms with Crippen LogP contribution in [0, 0.1) is 0 Å². The van der Waals surface area contributed by atoms with E-state index in [4.69, 9.17) is 5.11 Å². The Morgan fingerprint density at radius 3 is 1.20 bits per heavy atom. The van der Waals surface area contributed by atoms with Gasteiger partial charge in [0.05, 0.1) is 0 Å². The van der Waals surface area contributed by atoms with Gasteiger partial charge >= 0.3 is 0 Å². The zero-order valence-electron chi connectivity index (χ0n) is 7.69. The zero-order chi connectivity index (χ0) is 8.24. The van der Waals surface area contributed by atoms with Crippen molar-refractivity contribution in [2.24, 2.45) is 0 Å². The number of unbranched alkanes of at least 4 members (excludes halogenated alkanes) is 3. The van der Waals surface area contributed by atoms with E-state index in [1.54, 1.807) is 0 Å². The van der Waals surface area contributed by atoms with Crippen molar-refractivity contribution in [2.75, 3.05) is 6.61 Å². The maximum absolute atomic E-state index is 8.07. The highest BCUT2D eigenvalue weighted by Crippen LogP contribution is 1.88. The van der Waals surface area contributed by atoms with E-state index in [1.807, 2.05) is 0 Å². The highest BCUT2D eigenvalue weighted by Gasteiger charge is 1.69. The standard InChI is InChI=1S/C5H12.C4H10O/c1-3-5-4-2;1-2-3-4-5/h3-5H2,1-2H3;5H,2-4H2,1H3. The van der Waals surface area contributed by atoms with Crippen molar-refractivity contribution in [3.63, 3.8) is 0 Å². The zero-order valence-corrected chi connectivity index (χ0v) is 7.69. The normalized spacial score (nSPS) is 8.40. The Labute approximate surface area is 65.5 Å². The Hall–Kier alpha value is -0.0400. The summed E-state index contributed by atoms with van der Waals surface area (Å²) >= 11 is 0. The quantitative estimate of drug-likeness (QED) is 0.646. The molecule has 0 aromatic heterocycles. The summed E-state index contributed by atoms with van der Waals surface area (Å²) in [6.07, 6.45) is 6.11. The topological polar surface area (TPSA) is 20.2 Å². The molecule has 0 aliphatic rings. The van der Waals surface area contributed by atoms with Crippen LogP contribution in [-0.2, 0) is 0 Å². The van der Waals surface area contributed by atoms with Gasteiger partial charge in [-0.15, -0.1) is 0 Å². The van der Waals surface area contributed by atoms with E-state index in [1.165, 1.54) is 19.3 Å². The molecule has 0 saturated heterocycles. The van der Waals surface area contributed by atoms with Crippen molar-refractivity contribution in [3.8, 4) is 0 Å². The van der Waals surface area contributed by atoms with Crippen LogP contribution in [0.2, 0.25) is 0 Å². The molecule has 0 aromatic rings. The summed E-state index contributed by atoms with van der Waals surface area (Å²) in [6.45, 7) is 6.82. The molecular weight excluding hydrogens is 124 g/mol. The summed E-state index contributed by atoms with van der Waals surface area (Å²) in [6, 6.07) is 0. The predicted molar refractivity (Wildman–Crippen MR) is 47.2 cm³/mol. The molecule has 0 rings (SSSR count). The minimum absolute atomic E-state index is 0.344. The van der Waals surface area contributed by atoms with Crippen molar-refractivity contribution in [2.45, 2.75) is 52.9 Å². The summed E-state index contributed by atoms with van der Waals surface area (Å²) in [5, 5.41) is 8.07. The lowest BCUT2D eigenvalue weighted by atomic mass is 10.3. The van der Waals surface area contributed by atoms with E-state index in [0.717, 1.165) is 12.8 Å². The number of aliphatic hydroxyl groups excluding tert-OH is 1. The number of rotatable bonds is 4. The molecule has 0 saturated carbocycles. The lowest BCUT2D eigenvalue weighted by Gasteiger charge is -1.79. The average Bonchev–Trinajstić information content (AvgIpc) is 1.93. The van der Waals surface area contributed by atoms with Gasteiger partial charge in [0.15, 0.2) is 0 Å². The van der Waals surface area contributed by atoms with Crippen molar-refractivity contribution >= 4 is 0 Å². The number of hydrogen-bond acceptors (Lipinski definition) is 1. The van der Waals surface area contributed by atoms with Crippen LogP contribution in [0.4, 0.5) is 0 Å².